The minimum absolute atomic E-state index is 0.0512. The molecular weight excluding hydrogens is 356 g/mol. The number of nitrogens with zero attached hydrogens (tertiary/aromatic N) is 6. The Bertz CT molecular complexity index is 800. The molecule has 1 unspecified atom stereocenters. The van der Waals surface area contributed by atoms with Gasteiger partial charge in [-0.15, -0.1) is 0 Å². The van der Waals surface area contributed by atoms with Crippen LogP contribution in [0, 0.1) is 18.3 Å². The summed E-state index contributed by atoms with van der Waals surface area (Å²) in [7, 11) is 0. The van der Waals surface area contributed by atoms with Crippen molar-refractivity contribution in [2.24, 2.45) is 11.3 Å². The standard InChI is InChI=1S/C20H28N6O2/c1-16-10-23-26(11-16)7-3-19(28)24-8-4-20(5-9-24)14-25(12-17(20)13-27)18-2-6-21-15-22-18/h2,6,10-11,15,17,27H,3-5,7-9,12-14H2,1H3. The van der Waals surface area contributed by atoms with Crippen LogP contribution >= 0.6 is 0 Å². The molecule has 150 valence electrons. The van der Waals surface area contributed by atoms with Gasteiger partial charge in [0.15, 0.2) is 0 Å². The molecule has 1 spiro atoms. The number of amides is 1. The van der Waals surface area contributed by atoms with Crippen molar-refractivity contribution in [2.45, 2.75) is 32.7 Å². The summed E-state index contributed by atoms with van der Waals surface area (Å²) in [5, 5.41) is 14.2. The molecule has 2 aliphatic heterocycles. The summed E-state index contributed by atoms with van der Waals surface area (Å²) in [6.07, 6.45) is 9.42. The topological polar surface area (TPSA) is 87.4 Å². The van der Waals surface area contributed by atoms with Gasteiger partial charge in [0.1, 0.15) is 12.1 Å². The zero-order chi connectivity index (χ0) is 19.6. The Labute approximate surface area is 165 Å². The van der Waals surface area contributed by atoms with E-state index in [1.165, 1.54) is 0 Å². The number of anilines is 1. The van der Waals surface area contributed by atoms with E-state index in [1.54, 1.807) is 12.5 Å². The number of rotatable bonds is 5. The number of aromatic nitrogens is 4. The number of aliphatic hydroxyl groups excluding tert-OH is 1. The predicted molar refractivity (Wildman–Crippen MR) is 105 cm³/mol. The normalized spacial score (nSPS) is 21.4. The second-order valence-electron chi connectivity index (χ2n) is 8.10. The van der Waals surface area contributed by atoms with Crippen LogP contribution < -0.4 is 4.90 Å². The number of likely N-dealkylation sites (tertiary alicyclic amines) is 1. The van der Waals surface area contributed by atoms with E-state index in [4.69, 9.17) is 0 Å². The van der Waals surface area contributed by atoms with Gasteiger partial charge in [-0.3, -0.25) is 9.48 Å². The molecule has 1 amide bonds. The Balaban J connectivity index is 1.35. The predicted octanol–water partition coefficient (Wildman–Crippen LogP) is 1.11. The van der Waals surface area contributed by atoms with Crippen LogP contribution in [-0.4, -0.2) is 68.4 Å². The highest BCUT2D eigenvalue weighted by Gasteiger charge is 2.48. The number of aliphatic hydroxyl groups is 1. The molecule has 2 saturated heterocycles. The zero-order valence-electron chi connectivity index (χ0n) is 16.4. The maximum absolute atomic E-state index is 12.6. The summed E-state index contributed by atoms with van der Waals surface area (Å²) in [6, 6.07) is 1.92. The number of aryl methyl sites for hydroxylation is 2. The van der Waals surface area contributed by atoms with Gasteiger partial charge >= 0.3 is 0 Å². The van der Waals surface area contributed by atoms with Crippen molar-refractivity contribution in [2.75, 3.05) is 37.7 Å². The molecule has 2 aromatic heterocycles. The first-order valence-corrected chi connectivity index (χ1v) is 9.98. The average molecular weight is 384 g/mol. The first kappa shape index (κ1) is 18.9. The summed E-state index contributed by atoms with van der Waals surface area (Å²) in [5.41, 5.74) is 1.16. The first-order chi connectivity index (χ1) is 13.6. The van der Waals surface area contributed by atoms with E-state index in [0.717, 1.165) is 50.4 Å². The maximum Gasteiger partial charge on any atom is 0.224 e. The fourth-order valence-corrected chi connectivity index (χ4v) is 4.66. The van der Waals surface area contributed by atoms with E-state index >= 15 is 0 Å². The SMILES string of the molecule is Cc1cnn(CCC(=O)N2CCC3(CC2)CN(c2ccncn2)CC3CO)c1. The second kappa shape index (κ2) is 7.87. The number of carbonyl (C=O) groups is 1. The van der Waals surface area contributed by atoms with Gasteiger partial charge in [0.05, 0.1) is 6.20 Å². The van der Waals surface area contributed by atoms with Crippen LogP contribution in [0.2, 0.25) is 0 Å². The third-order valence-electron chi connectivity index (χ3n) is 6.35. The van der Waals surface area contributed by atoms with Gasteiger partial charge < -0.3 is 14.9 Å². The molecule has 1 atom stereocenters. The van der Waals surface area contributed by atoms with Crippen LogP contribution in [0.15, 0.2) is 31.0 Å². The van der Waals surface area contributed by atoms with E-state index in [2.05, 4.69) is 20.0 Å². The van der Waals surface area contributed by atoms with Crippen LogP contribution in [-0.2, 0) is 11.3 Å². The summed E-state index contributed by atoms with van der Waals surface area (Å²) in [6.45, 7) is 5.99. The number of piperidine rings is 1. The number of carbonyl (C=O) groups excluding carboxylic acids is 1. The molecule has 0 aromatic carbocycles. The van der Waals surface area contributed by atoms with Crippen molar-refractivity contribution in [1.29, 1.82) is 0 Å². The molecule has 0 radical (unpaired) electrons. The molecule has 0 aliphatic carbocycles. The monoisotopic (exact) mass is 384 g/mol. The molecule has 4 heterocycles. The molecule has 0 bridgehead atoms. The van der Waals surface area contributed by atoms with Gasteiger partial charge in [0.25, 0.3) is 0 Å². The van der Waals surface area contributed by atoms with Crippen LogP contribution in [0.1, 0.15) is 24.8 Å². The Morgan fingerprint density at radius 1 is 1.36 bits per heavy atom. The molecular formula is C20H28N6O2. The number of hydrogen-bond donors (Lipinski definition) is 1. The van der Waals surface area contributed by atoms with Crippen LogP contribution in [0.4, 0.5) is 5.82 Å². The molecule has 2 aromatic rings. The quantitative estimate of drug-likeness (QED) is 0.831. The Kier molecular flexibility index (Phi) is 5.30. The molecule has 2 fully saturated rings. The van der Waals surface area contributed by atoms with Gasteiger partial charge in [-0.2, -0.15) is 5.10 Å². The highest BCUT2D eigenvalue weighted by atomic mass is 16.3. The molecule has 28 heavy (non-hydrogen) atoms. The lowest BCUT2D eigenvalue weighted by Crippen LogP contribution is -2.47. The highest BCUT2D eigenvalue weighted by molar-refractivity contribution is 5.76. The summed E-state index contributed by atoms with van der Waals surface area (Å²) < 4.78 is 1.83. The van der Waals surface area contributed by atoms with Crippen LogP contribution in [0.5, 0.6) is 0 Å². The van der Waals surface area contributed by atoms with Crippen molar-refractivity contribution >= 4 is 11.7 Å². The Morgan fingerprint density at radius 3 is 2.82 bits per heavy atom. The minimum atomic E-state index is 0.0512. The first-order valence-electron chi connectivity index (χ1n) is 9.98. The van der Waals surface area contributed by atoms with Crippen molar-refractivity contribution < 1.29 is 9.90 Å². The molecule has 0 saturated carbocycles. The minimum Gasteiger partial charge on any atom is -0.396 e. The molecule has 8 heteroatoms. The molecule has 1 N–H and O–H groups in total. The van der Waals surface area contributed by atoms with E-state index in [-0.39, 0.29) is 23.8 Å². The zero-order valence-corrected chi connectivity index (χ0v) is 16.4. The van der Waals surface area contributed by atoms with Gasteiger partial charge in [-0.05, 0) is 36.8 Å². The van der Waals surface area contributed by atoms with Gasteiger partial charge in [0.2, 0.25) is 5.91 Å². The fraction of sp³-hybridized carbons (Fsp3) is 0.600. The lowest BCUT2D eigenvalue weighted by atomic mass is 9.71. The second-order valence-corrected chi connectivity index (χ2v) is 8.10. The Morgan fingerprint density at radius 2 is 2.18 bits per heavy atom. The summed E-state index contributed by atoms with van der Waals surface area (Å²) in [5.74, 6) is 1.32. The highest BCUT2D eigenvalue weighted by Crippen LogP contribution is 2.45. The Hall–Kier alpha value is -2.48. The summed E-state index contributed by atoms with van der Waals surface area (Å²) in [4.78, 5) is 25.2. The van der Waals surface area contributed by atoms with Crippen LogP contribution in [0.3, 0.4) is 0 Å². The van der Waals surface area contributed by atoms with Crippen molar-refractivity contribution in [1.82, 2.24) is 24.6 Å². The van der Waals surface area contributed by atoms with Crippen LogP contribution in [0.25, 0.3) is 0 Å². The smallest absolute Gasteiger partial charge is 0.224 e. The summed E-state index contributed by atoms with van der Waals surface area (Å²) >= 11 is 0. The average Bonchev–Trinajstić information content (AvgIpc) is 3.31. The van der Waals surface area contributed by atoms with E-state index in [9.17, 15) is 9.90 Å². The van der Waals surface area contributed by atoms with E-state index < -0.39 is 0 Å². The maximum atomic E-state index is 12.6. The van der Waals surface area contributed by atoms with Crippen molar-refractivity contribution in [3.8, 4) is 0 Å². The lowest BCUT2D eigenvalue weighted by molar-refractivity contribution is -0.134. The lowest BCUT2D eigenvalue weighted by Gasteiger charge is -2.42. The number of hydrogen-bond acceptors (Lipinski definition) is 6. The third kappa shape index (κ3) is 3.73. The van der Waals surface area contributed by atoms with E-state index in [0.29, 0.717) is 13.0 Å². The van der Waals surface area contributed by atoms with Crippen molar-refractivity contribution in [3.63, 3.8) is 0 Å². The molecule has 8 nitrogen and oxygen atoms in total. The fourth-order valence-electron chi connectivity index (χ4n) is 4.66. The third-order valence-corrected chi connectivity index (χ3v) is 6.35. The molecule has 2 aliphatic rings. The largest absolute Gasteiger partial charge is 0.396 e. The van der Waals surface area contributed by atoms with Gasteiger partial charge in [0, 0.05) is 64.1 Å². The molecule has 4 rings (SSSR count). The van der Waals surface area contributed by atoms with Gasteiger partial charge in [-0.25, -0.2) is 9.97 Å². The van der Waals surface area contributed by atoms with E-state index in [1.807, 2.05) is 35.0 Å². The van der Waals surface area contributed by atoms with Crippen molar-refractivity contribution in [3.05, 3.63) is 36.5 Å². The van der Waals surface area contributed by atoms with Gasteiger partial charge in [-0.1, -0.05) is 0 Å².